The summed E-state index contributed by atoms with van der Waals surface area (Å²) in [7, 11) is 1.93. The van der Waals surface area contributed by atoms with Crippen molar-refractivity contribution >= 4 is 17.5 Å². The molecule has 1 aliphatic carbocycles. The van der Waals surface area contributed by atoms with Crippen LogP contribution < -0.4 is 5.32 Å². The van der Waals surface area contributed by atoms with Crippen molar-refractivity contribution in [1.29, 1.82) is 0 Å². The number of amides is 1. The van der Waals surface area contributed by atoms with Gasteiger partial charge in [0.1, 0.15) is 0 Å². The molecule has 1 fully saturated rings. The molecule has 1 aliphatic rings. The molecular formula is C21H24N6O. The van der Waals surface area contributed by atoms with Gasteiger partial charge in [-0.1, -0.05) is 18.2 Å². The van der Waals surface area contributed by atoms with E-state index in [4.69, 9.17) is 0 Å². The Morgan fingerprint density at radius 1 is 1.18 bits per heavy atom. The highest BCUT2D eigenvalue weighted by Gasteiger charge is 2.34. The molecule has 0 atom stereocenters. The number of nitrogens with one attached hydrogen (secondary N) is 1. The number of nitrogens with zero attached hydrogens (tertiary/aromatic N) is 5. The van der Waals surface area contributed by atoms with Gasteiger partial charge in [-0.05, 0) is 38.8 Å². The van der Waals surface area contributed by atoms with Crippen LogP contribution in [-0.2, 0) is 13.6 Å². The summed E-state index contributed by atoms with van der Waals surface area (Å²) < 4.78 is 1.87. The fourth-order valence-electron chi connectivity index (χ4n) is 3.29. The maximum absolute atomic E-state index is 13.1. The van der Waals surface area contributed by atoms with E-state index < -0.39 is 0 Å². The topological polar surface area (TPSA) is 75.9 Å². The van der Waals surface area contributed by atoms with Crippen molar-refractivity contribution in [2.45, 2.75) is 39.3 Å². The smallest absolute Gasteiger partial charge is 0.257 e. The molecule has 0 aliphatic heterocycles. The van der Waals surface area contributed by atoms with Crippen LogP contribution in [0.4, 0.5) is 11.6 Å². The Labute approximate surface area is 164 Å². The van der Waals surface area contributed by atoms with E-state index in [0.717, 1.165) is 35.5 Å². The van der Waals surface area contributed by atoms with Crippen LogP contribution in [0.5, 0.6) is 0 Å². The normalized spacial score (nSPS) is 13.4. The molecule has 0 spiro atoms. The predicted octanol–water partition coefficient (Wildman–Crippen LogP) is 3.38. The third-order valence-corrected chi connectivity index (χ3v) is 5.16. The first kappa shape index (κ1) is 18.2. The first-order valence-electron chi connectivity index (χ1n) is 9.47. The molecule has 0 radical (unpaired) electrons. The minimum atomic E-state index is -0.0311. The van der Waals surface area contributed by atoms with E-state index in [2.05, 4.69) is 20.4 Å². The number of aromatic nitrogens is 4. The predicted molar refractivity (Wildman–Crippen MR) is 107 cm³/mol. The molecule has 1 aromatic carbocycles. The third-order valence-electron chi connectivity index (χ3n) is 5.16. The van der Waals surface area contributed by atoms with Crippen LogP contribution in [0.1, 0.15) is 40.2 Å². The molecule has 1 N–H and O–H groups in total. The van der Waals surface area contributed by atoms with Gasteiger partial charge in [0.15, 0.2) is 0 Å². The van der Waals surface area contributed by atoms with Gasteiger partial charge >= 0.3 is 0 Å². The Morgan fingerprint density at radius 2 is 1.86 bits per heavy atom. The number of hydrogen-bond acceptors (Lipinski definition) is 5. The second kappa shape index (κ2) is 7.42. The largest absolute Gasteiger partial charge is 0.331 e. The number of rotatable bonds is 6. The van der Waals surface area contributed by atoms with Gasteiger partial charge in [0.2, 0.25) is 5.95 Å². The van der Waals surface area contributed by atoms with Crippen LogP contribution in [0.3, 0.4) is 0 Å². The van der Waals surface area contributed by atoms with Crippen molar-refractivity contribution in [2.24, 2.45) is 7.05 Å². The van der Waals surface area contributed by atoms with Gasteiger partial charge in [0.25, 0.3) is 5.91 Å². The molecule has 1 saturated carbocycles. The summed E-state index contributed by atoms with van der Waals surface area (Å²) in [5.74, 6) is 0.441. The van der Waals surface area contributed by atoms with Crippen LogP contribution in [0.2, 0.25) is 0 Å². The SMILES string of the molecule is Cc1nn(C)c(C)c1CN(C(=O)c1cnc(Nc2ccccc2)nc1)C1CC1. The van der Waals surface area contributed by atoms with E-state index in [9.17, 15) is 4.79 Å². The number of benzene rings is 1. The molecular weight excluding hydrogens is 352 g/mol. The quantitative estimate of drug-likeness (QED) is 0.714. The average molecular weight is 376 g/mol. The standard InChI is InChI=1S/C21H24N6O/c1-14-19(15(2)26(3)25-14)13-27(18-9-10-18)20(28)16-11-22-21(23-12-16)24-17-7-5-4-6-8-17/h4-8,11-12,18H,9-10,13H2,1-3H3,(H,22,23,24). The highest BCUT2D eigenvalue weighted by Crippen LogP contribution is 2.31. The Balaban J connectivity index is 1.51. The number of hydrogen-bond donors (Lipinski definition) is 1. The second-order valence-electron chi connectivity index (χ2n) is 7.22. The number of carbonyl (C=O) groups excluding carboxylic acids is 1. The molecule has 7 nitrogen and oxygen atoms in total. The molecule has 28 heavy (non-hydrogen) atoms. The molecule has 144 valence electrons. The van der Waals surface area contributed by atoms with Gasteiger partial charge in [-0.2, -0.15) is 5.10 Å². The highest BCUT2D eigenvalue weighted by molar-refractivity contribution is 5.94. The molecule has 1 amide bonds. The van der Waals surface area contributed by atoms with E-state index in [0.29, 0.717) is 18.1 Å². The zero-order valence-electron chi connectivity index (χ0n) is 16.4. The molecule has 7 heteroatoms. The summed E-state index contributed by atoms with van der Waals surface area (Å²) in [5, 5.41) is 7.61. The van der Waals surface area contributed by atoms with Gasteiger partial charge < -0.3 is 10.2 Å². The minimum Gasteiger partial charge on any atom is -0.331 e. The van der Waals surface area contributed by atoms with Crippen LogP contribution in [-0.4, -0.2) is 36.6 Å². The lowest BCUT2D eigenvalue weighted by molar-refractivity contribution is 0.0728. The van der Waals surface area contributed by atoms with Gasteiger partial charge in [0.05, 0.1) is 11.3 Å². The molecule has 2 heterocycles. The van der Waals surface area contributed by atoms with E-state index in [1.54, 1.807) is 12.4 Å². The molecule has 3 aromatic rings. The maximum Gasteiger partial charge on any atom is 0.257 e. The van der Waals surface area contributed by atoms with Crippen LogP contribution >= 0.6 is 0 Å². The summed E-state index contributed by atoms with van der Waals surface area (Å²) in [6, 6.07) is 10.00. The van der Waals surface area contributed by atoms with Crippen LogP contribution in [0, 0.1) is 13.8 Å². The highest BCUT2D eigenvalue weighted by atomic mass is 16.2. The summed E-state index contributed by atoms with van der Waals surface area (Å²) in [4.78, 5) is 23.7. The number of anilines is 2. The molecule has 0 saturated heterocycles. The zero-order valence-corrected chi connectivity index (χ0v) is 16.4. The third kappa shape index (κ3) is 3.74. The molecule has 0 bridgehead atoms. The average Bonchev–Trinajstić information content (AvgIpc) is 3.50. The van der Waals surface area contributed by atoms with Gasteiger partial charge in [-0.3, -0.25) is 9.48 Å². The van der Waals surface area contributed by atoms with Crippen molar-refractivity contribution < 1.29 is 4.79 Å². The van der Waals surface area contributed by atoms with Crippen molar-refractivity contribution in [3.05, 3.63) is 65.2 Å². The Kier molecular flexibility index (Phi) is 4.81. The lowest BCUT2D eigenvalue weighted by Gasteiger charge is -2.22. The Morgan fingerprint density at radius 3 is 2.43 bits per heavy atom. The summed E-state index contributed by atoms with van der Waals surface area (Å²) in [5.41, 5.74) is 4.59. The number of carbonyl (C=O) groups is 1. The zero-order chi connectivity index (χ0) is 19.7. The van der Waals surface area contributed by atoms with Crippen molar-refractivity contribution in [2.75, 3.05) is 5.32 Å². The van der Waals surface area contributed by atoms with Crippen LogP contribution in [0.25, 0.3) is 0 Å². The van der Waals surface area contributed by atoms with Crippen molar-refractivity contribution in [3.8, 4) is 0 Å². The van der Waals surface area contributed by atoms with E-state index >= 15 is 0 Å². The van der Waals surface area contributed by atoms with Gasteiger partial charge in [-0.25, -0.2) is 9.97 Å². The second-order valence-corrected chi connectivity index (χ2v) is 7.22. The molecule has 2 aromatic heterocycles. The summed E-state index contributed by atoms with van der Waals surface area (Å²) in [6.45, 7) is 4.60. The Bertz CT molecular complexity index is 976. The lowest BCUT2D eigenvalue weighted by Crippen LogP contribution is -2.33. The lowest BCUT2D eigenvalue weighted by atomic mass is 10.1. The van der Waals surface area contributed by atoms with Crippen molar-refractivity contribution in [3.63, 3.8) is 0 Å². The fourth-order valence-corrected chi connectivity index (χ4v) is 3.29. The maximum atomic E-state index is 13.1. The van der Waals surface area contributed by atoms with E-state index in [-0.39, 0.29) is 11.9 Å². The monoisotopic (exact) mass is 376 g/mol. The van der Waals surface area contributed by atoms with E-state index in [1.165, 1.54) is 0 Å². The summed E-state index contributed by atoms with van der Waals surface area (Å²) in [6.07, 6.45) is 5.27. The first-order chi connectivity index (χ1) is 13.5. The van der Waals surface area contributed by atoms with Gasteiger partial charge in [0, 0.05) is 49.0 Å². The fraction of sp³-hybridized carbons (Fsp3) is 0.333. The molecule has 4 rings (SSSR count). The van der Waals surface area contributed by atoms with Crippen molar-refractivity contribution in [1.82, 2.24) is 24.6 Å². The summed E-state index contributed by atoms with van der Waals surface area (Å²) >= 11 is 0. The Hall–Kier alpha value is -3.22. The molecule has 0 unspecified atom stereocenters. The van der Waals surface area contributed by atoms with Crippen LogP contribution in [0.15, 0.2) is 42.7 Å². The van der Waals surface area contributed by atoms with E-state index in [1.807, 2.05) is 60.8 Å². The first-order valence-corrected chi connectivity index (χ1v) is 9.47. The van der Waals surface area contributed by atoms with Gasteiger partial charge in [-0.15, -0.1) is 0 Å². The minimum absolute atomic E-state index is 0.0311. The number of aryl methyl sites for hydroxylation is 2. The number of para-hydroxylation sites is 1.